The molecule has 0 aromatic carbocycles. The minimum atomic E-state index is 0.0628. The smallest absolute Gasteiger partial charge is 0.252 e. The van der Waals surface area contributed by atoms with Gasteiger partial charge in [0.15, 0.2) is 0 Å². The number of piperidine rings is 1. The Morgan fingerprint density at radius 3 is 2.88 bits per heavy atom. The summed E-state index contributed by atoms with van der Waals surface area (Å²) in [5.74, 6) is 0. The molecule has 0 spiro atoms. The highest BCUT2D eigenvalue weighted by Crippen LogP contribution is 2.23. The van der Waals surface area contributed by atoms with Gasteiger partial charge in [-0.2, -0.15) is 0 Å². The van der Waals surface area contributed by atoms with E-state index in [1.54, 1.807) is 0 Å². The van der Waals surface area contributed by atoms with Crippen LogP contribution in [0.2, 0.25) is 0 Å². The molecule has 17 heavy (non-hydrogen) atoms. The number of alkyl halides is 1. The van der Waals surface area contributed by atoms with Crippen molar-refractivity contribution in [3.8, 4) is 0 Å². The lowest BCUT2D eigenvalue weighted by atomic mass is 10.1. The second-order valence-corrected chi connectivity index (χ2v) is 5.90. The number of aryl methyl sites for hydroxylation is 2. The highest BCUT2D eigenvalue weighted by molar-refractivity contribution is 9.09. The number of H-pyrrole nitrogens is 1. The molecule has 1 saturated heterocycles. The van der Waals surface area contributed by atoms with E-state index in [1.165, 1.54) is 19.3 Å². The fraction of sp³-hybridized carbons (Fsp3) is 0.615. The van der Waals surface area contributed by atoms with Crippen molar-refractivity contribution in [1.82, 2.24) is 9.88 Å². The number of nitrogens with one attached hydrogen (secondary N) is 1. The average molecular weight is 299 g/mol. The maximum absolute atomic E-state index is 11.9. The largest absolute Gasteiger partial charge is 0.326 e. The molecule has 4 heteroatoms. The van der Waals surface area contributed by atoms with Gasteiger partial charge in [-0.25, -0.2) is 0 Å². The Bertz CT molecular complexity index is 455. The SMILES string of the molecule is Cc1cc(C)c(CN2CCCCC2Br)c(=O)[nH]1. The van der Waals surface area contributed by atoms with E-state index in [-0.39, 0.29) is 5.56 Å². The molecule has 3 nitrogen and oxygen atoms in total. The van der Waals surface area contributed by atoms with Crippen molar-refractivity contribution >= 4 is 15.9 Å². The third kappa shape index (κ3) is 2.99. The molecule has 2 rings (SSSR count). The van der Waals surface area contributed by atoms with Crippen LogP contribution in [0.4, 0.5) is 0 Å². The summed E-state index contributed by atoms with van der Waals surface area (Å²) in [6.07, 6.45) is 3.67. The maximum atomic E-state index is 11.9. The quantitative estimate of drug-likeness (QED) is 0.673. The summed E-state index contributed by atoms with van der Waals surface area (Å²) in [4.78, 5) is 17.6. The zero-order valence-corrected chi connectivity index (χ0v) is 12.0. The van der Waals surface area contributed by atoms with Gasteiger partial charge in [-0.15, -0.1) is 0 Å². The molecule has 0 radical (unpaired) electrons. The van der Waals surface area contributed by atoms with Crippen LogP contribution in [0.25, 0.3) is 0 Å². The maximum Gasteiger partial charge on any atom is 0.252 e. The minimum absolute atomic E-state index is 0.0628. The third-order valence-corrected chi connectivity index (χ3v) is 4.43. The van der Waals surface area contributed by atoms with E-state index in [0.717, 1.165) is 29.9 Å². The van der Waals surface area contributed by atoms with Crippen molar-refractivity contribution < 1.29 is 0 Å². The van der Waals surface area contributed by atoms with Crippen LogP contribution in [0.15, 0.2) is 10.9 Å². The van der Waals surface area contributed by atoms with Gasteiger partial charge in [0.1, 0.15) is 0 Å². The van der Waals surface area contributed by atoms with Crippen LogP contribution in [-0.2, 0) is 6.54 Å². The van der Waals surface area contributed by atoms with Crippen LogP contribution in [0.3, 0.4) is 0 Å². The van der Waals surface area contributed by atoms with E-state index in [1.807, 2.05) is 19.9 Å². The molecule has 1 unspecified atom stereocenters. The van der Waals surface area contributed by atoms with E-state index in [4.69, 9.17) is 0 Å². The standard InChI is InChI=1S/C13H19BrN2O/c1-9-7-10(2)15-13(17)11(9)8-16-6-4-3-5-12(16)14/h7,12H,3-6,8H2,1-2H3,(H,15,17). The number of aromatic amines is 1. The Morgan fingerprint density at radius 2 is 2.24 bits per heavy atom. The van der Waals surface area contributed by atoms with Crippen LogP contribution in [-0.4, -0.2) is 21.4 Å². The third-order valence-electron chi connectivity index (χ3n) is 3.39. The highest BCUT2D eigenvalue weighted by Gasteiger charge is 2.21. The summed E-state index contributed by atoms with van der Waals surface area (Å²) in [5.41, 5.74) is 3.00. The molecule has 0 amide bonds. The molecule has 1 atom stereocenters. The molecule has 94 valence electrons. The molecule has 2 heterocycles. The second kappa shape index (κ2) is 5.36. The van der Waals surface area contributed by atoms with Gasteiger partial charge in [0.05, 0.1) is 4.95 Å². The topological polar surface area (TPSA) is 36.1 Å². The van der Waals surface area contributed by atoms with Gasteiger partial charge in [-0.3, -0.25) is 9.69 Å². The number of aromatic nitrogens is 1. The first-order valence-corrected chi connectivity index (χ1v) is 7.07. The average Bonchev–Trinajstić information content (AvgIpc) is 2.25. The van der Waals surface area contributed by atoms with Crippen LogP contribution < -0.4 is 5.56 Å². The fourth-order valence-corrected chi connectivity index (χ4v) is 3.08. The first-order chi connectivity index (χ1) is 8.08. The summed E-state index contributed by atoms with van der Waals surface area (Å²) in [6.45, 7) is 5.76. The first kappa shape index (κ1) is 12.8. The van der Waals surface area contributed by atoms with Gasteiger partial charge >= 0.3 is 0 Å². The van der Waals surface area contributed by atoms with Crippen molar-refractivity contribution in [3.63, 3.8) is 0 Å². The van der Waals surface area contributed by atoms with Gasteiger partial charge in [0.25, 0.3) is 5.56 Å². The van der Waals surface area contributed by atoms with Gasteiger partial charge in [-0.05, 0) is 51.3 Å². The summed E-state index contributed by atoms with van der Waals surface area (Å²) >= 11 is 3.69. The zero-order chi connectivity index (χ0) is 12.4. The van der Waals surface area contributed by atoms with E-state index < -0.39 is 0 Å². The van der Waals surface area contributed by atoms with Gasteiger partial charge < -0.3 is 4.98 Å². The summed E-state index contributed by atoms with van der Waals surface area (Å²) < 4.78 is 0. The zero-order valence-electron chi connectivity index (χ0n) is 10.4. The van der Waals surface area contributed by atoms with Gasteiger partial charge in [0.2, 0.25) is 0 Å². The van der Waals surface area contributed by atoms with Crippen LogP contribution >= 0.6 is 15.9 Å². The minimum Gasteiger partial charge on any atom is -0.326 e. The number of nitrogens with zero attached hydrogens (tertiary/aromatic N) is 1. The Balaban J connectivity index is 2.21. The van der Waals surface area contributed by atoms with Gasteiger partial charge in [0, 0.05) is 17.8 Å². The predicted octanol–water partition coefficient (Wildman–Crippen LogP) is 2.70. The van der Waals surface area contributed by atoms with Gasteiger partial charge in [-0.1, -0.05) is 15.9 Å². The first-order valence-electron chi connectivity index (χ1n) is 6.15. The molecule has 1 aliphatic rings. The lowest BCUT2D eigenvalue weighted by Gasteiger charge is -2.32. The van der Waals surface area contributed by atoms with Crippen molar-refractivity contribution in [2.45, 2.75) is 44.6 Å². The Morgan fingerprint density at radius 1 is 1.47 bits per heavy atom. The molecule has 1 N–H and O–H groups in total. The van der Waals surface area contributed by atoms with Crippen molar-refractivity contribution in [2.24, 2.45) is 0 Å². The number of rotatable bonds is 2. The molecule has 1 aromatic heterocycles. The molecular weight excluding hydrogens is 280 g/mol. The fourth-order valence-electron chi connectivity index (χ4n) is 2.41. The molecule has 1 fully saturated rings. The predicted molar refractivity (Wildman–Crippen MR) is 73.5 cm³/mol. The normalized spacial score (nSPS) is 21.7. The van der Waals surface area contributed by atoms with Crippen molar-refractivity contribution in [1.29, 1.82) is 0 Å². The molecule has 0 aliphatic carbocycles. The number of pyridine rings is 1. The molecule has 0 saturated carbocycles. The summed E-state index contributed by atoms with van der Waals surface area (Å²) in [6, 6.07) is 2.05. The summed E-state index contributed by atoms with van der Waals surface area (Å²) in [5, 5.41) is 0. The van der Waals surface area contributed by atoms with E-state index in [2.05, 4.69) is 25.8 Å². The highest BCUT2D eigenvalue weighted by atomic mass is 79.9. The number of hydrogen-bond donors (Lipinski definition) is 1. The van der Waals surface area contributed by atoms with Crippen molar-refractivity contribution in [3.05, 3.63) is 33.2 Å². The van der Waals surface area contributed by atoms with Crippen LogP contribution in [0.5, 0.6) is 0 Å². The Kier molecular flexibility index (Phi) is 4.05. The lowest BCUT2D eigenvalue weighted by molar-refractivity contribution is 0.201. The number of likely N-dealkylation sites (tertiary alicyclic amines) is 1. The van der Waals surface area contributed by atoms with E-state index in [9.17, 15) is 4.79 Å². The molecule has 1 aromatic rings. The summed E-state index contributed by atoms with van der Waals surface area (Å²) in [7, 11) is 0. The molecular formula is C13H19BrN2O. The molecule has 1 aliphatic heterocycles. The van der Waals surface area contributed by atoms with E-state index in [0.29, 0.717) is 4.95 Å². The number of hydrogen-bond acceptors (Lipinski definition) is 2. The monoisotopic (exact) mass is 298 g/mol. The van der Waals surface area contributed by atoms with E-state index >= 15 is 0 Å². The Labute approximate surface area is 110 Å². The van der Waals surface area contributed by atoms with Crippen LogP contribution in [0, 0.1) is 13.8 Å². The van der Waals surface area contributed by atoms with Crippen LogP contribution in [0.1, 0.15) is 36.1 Å². The second-order valence-electron chi connectivity index (χ2n) is 4.84. The molecule has 0 bridgehead atoms. The lowest BCUT2D eigenvalue weighted by Crippen LogP contribution is -2.37. The Hall–Kier alpha value is -0.610. The van der Waals surface area contributed by atoms with Crippen molar-refractivity contribution in [2.75, 3.05) is 6.54 Å². The number of halogens is 1.